The number of hydrogen-bond acceptors (Lipinski definition) is 5. The first-order valence-electron chi connectivity index (χ1n) is 7.29. The first kappa shape index (κ1) is 13.2. The van der Waals surface area contributed by atoms with E-state index in [1.165, 1.54) is 0 Å². The average Bonchev–Trinajstić information content (AvgIpc) is 2.92. The maximum Gasteiger partial charge on any atom is 0.223 e. The maximum atomic E-state index is 13.0. The van der Waals surface area contributed by atoms with Crippen LogP contribution in [0, 0.1) is 6.92 Å². The maximum absolute atomic E-state index is 13.0. The van der Waals surface area contributed by atoms with Crippen LogP contribution in [0.3, 0.4) is 0 Å². The summed E-state index contributed by atoms with van der Waals surface area (Å²) in [4.78, 5) is 8.64. The first-order chi connectivity index (χ1) is 10.7. The summed E-state index contributed by atoms with van der Waals surface area (Å²) < 4.78 is 18.0. The third kappa shape index (κ3) is 2.30. The van der Waals surface area contributed by atoms with Gasteiger partial charge in [-0.25, -0.2) is 9.37 Å². The molecule has 112 valence electrons. The minimum absolute atomic E-state index is 0.157. The van der Waals surface area contributed by atoms with Crippen LogP contribution in [0.5, 0.6) is 0 Å². The number of alkyl halides is 1. The van der Waals surface area contributed by atoms with Gasteiger partial charge in [0.1, 0.15) is 12.0 Å². The molecule has 1 fully saturated rings. The molecule has 0 spiro atoms. The monoisotopic (exact) mass is 298 g/mol. The summed E-state index contributed by atoms with van der Waals surface area (Å²) in [5.41, 5.74) is 0.873. The summed E-state index contributed by atoms with van der Waals surface area (Å²) in [5, 5.41) is 9.31. The van der Waals surface area contributed by atoms with Crippen molar-refractivity contribution in [3.8, 4) is 11.4 Å². The highest BCUT2D eigenvalue weighted by Crippen LogP contribution is 2.31. The summed E-state index contributed by atoms with van der Waals surface area (Å²) in [6.45, 7) is 1.76. The van der Waals surface area contributed by atoms with Crippen molar-refractivity contribution in [2.45, 2.75) is 32.0 Å². The fourth-order valence-electron chi connectivity index (χ4n) is 2.70. The van der Waals surface area contributed by atoms with Crippen LogP contribution >= 0.6 is 0 Å². The van der Waals surface area contributed by atoms with E-state index in [0.29, 0.717) is 24.6 Å². The van der Waals surface area contributed by atoms with Crippen LogP contribution in [0.25, 0.3) is 22.2 Å². The van der Waals surface area contributed by atoms with E-state index in [4.69, 9.17) is 4.52 Å². The van der Waals surface area contributed by atoms with Crippen molar-refractivity contribution in [1.29, 1.82) is 0 Å². The summed E-state index contributed by atoms with van der Waals surface area (Å²) in [6, 6.07) is 8.05. The van der Waals surface area contributed by atoms with Crippen molar-refractivity contribution in [3.05, 3.63) is 36.4 Å². The lowest BCUT2D eigenvalue weighted by Crippen LogP contribution is -2.36. The molecular formula is C16H15FN4O. The molecule has 2 heterocycles. The zero-order chi connectivity index (χ0) is 15.1. The highest BCUT2D eigenvalue weighted by atomic mass is 19.1. The fourth-order valence-corrected chi connectivity index (χ4v) is 2.70. The van der Waals surface area contributed by atoms with E-state index in [-0.39, 0.29) is 6.04 Å². The molecule has 5 nitrogen and oxygen atoms in total. The largest absolute Gasteiger partial charge is 0.367 e. The fraction of sp³-hybridized carbons (Fsp3) is 0.312. The number of aromatic nitrogens is 3. The quantitative estimate of drug-likeness (QED) is 0.801. The van der Waals surface area contributed by atoms with Crippen LogP contribution in [-0.2, 0) is 0 Å². The Morgan fingerprint density at radius 2 is 2.14 bits per heavy atom. The van der Waals surface area contributed by atoms with Gasteiger partial charge in [0.25, 0.3) is 0 Å². The number of hydrogen-bond donors (Lipinski definition) is 1. The molecule has 1 aliphatic rings. The predicted octanol–water partition coefficient (Wildman–Crippen LogP) is 3.51. The van der Waals surface area contributed by atoms with Crippen LogP contribution in [-0.4, -0.2) is 27.3 Å². The minimum atomic E-state index is -0.689. The second-order valence-electron chi connectivity index (χ2n) is 5.64. The number of nitrogens with one attached hydrogen (secondary N) is 1. The van der Waals surface area contributed by atoms with Gasteiger partial charge in [-0.1, -0.05) is 17.3 Å². The Hall–Kier alpha value is -2.50. The molecule has 0 saturated heterocycles. The molecule has 0 aliphatic heterocycles. The summed E-state index contributed by atoms with van der Waals surface area (Å²) in [5.74, 6) is 1.86. The van der Waals surface area contributed by atoms with Crippen molar-refractivity contribution in [2.75, 3.05) is 5.32 Å². The Morgan fingerprint density at radius 3 is 2.86 bits per heavy atom. The van der Waals surface area contributed by atoms with Crippen LogP contribution in [0.1, 0.15) is 18.7 Å². The van der Waals surface area contributed by atoms with Gasteiger partial charge in [0.05, 0.1) is 0 Å². The predicted molar refractivity (Wildman–Crippen MR) is 81.3 cm³/mol. The van der Waals surface area contributed by atoms with Crippen molar-refractivity contribution in [1.82, 2.24) is 15.1 Å². The molecule has 2 aromatic heterocycles. The molecule has 3 aromatic rings. The molecule has 0 bridgehead atoms. The van der Waals surface area contributed by atoms with E-state index in [0.717, 1.165) is 22.2 Å². The minimum Gasteiger partial charge on any atom is -0.367 e. The van der Waals surface area contributed by atoms with Gasteiger partial charge in [-0.3, -0.25) is 0 Å². The van der Waals surface area contributed by atoms with Gasteiger partial charge in [0, 0.05) is 30.1 Å². The Balaban J connectivity index is 1.73. The Kier molecular flexibility index (Phi) is 3.03. The lowest BCUT2D eigenvalue weighted by molar-refractivity contribution is 0.192. The van der Waals surface area contributed by atoms with Crippen molar-refractivity contribution in [2.24, 2.45) is 0 Å². The molecule has 1 saturated carbocycles. The second-order valence-corrected chi connectivity index (χ2v) is 5.64. The van der Waals surface area contributed by atoms with Gasteiger partial charge in [0.15, 0.2) is 0 Å². The summed E-state index contributed by atoms with van der Waals surface area (Å²) in [7, 11) is 0. The number of benzene rings is 1. The van der Waals surface area contributed by atoms with Gasteiger partial charge in [-0.2, -0.15) is 4.98 Å². The average molecular weight is 298 g/mol. The van der Waals surface area contributed by atoms with Gasteiger partial charge < -0.3 is 9.84 Å². The third-order valence-electron chi connectivity index (χ3n) is 3.97. The van der Waals surface area contributed by atoms with E-state index in [2.05, 4.69) is 20.4 Å². The van der Waals surface area contributed by atoms with Crippen LogP contribution in [0.15, 0.2) is 35.0 Å². The lowest BCUT2D eigenvalue weighted by atomic mass is 9.90. The van der Waals surface area contributed by atoms with Crippen molar-refractivity contribution in [3.63, 3.8) is 0 Å². The molecule has 0 atom stereocenters. The van der Waals surface area contributed by atoms with Gasteiger partial charge in [0.2, 0.25) is 11.7 Å². The smallest absolute Gasteiger partial charge is 0.223 e. The number of rotatable bonds is 3. The van der Waals surface area contributed by atoms with E-state index in [9.17, 15) is 4.39 Å². The van der Waals surface area contributed by atoms with Gasteiger partial charge in [-0.15, -0.1) is 0 Å². The highest BCUT2D eigenvalue weighted by molar-refractivity contribution is 5.94. The molecule has 4 rings (SSSR count). The Bertz CT molecular complexity index is 826. The van der Waals surface area contributed by atoms with E-state index in [1.807, 2.05) is 24.3 Å². The third-order valence-corrected chi connectivity index (χ3v) is 3.97. The molecular weight excluding hydrogens is 283 g/mol. The summed E-state index contributed by atoms with van der Waals surface area (Å²) in [6.07, 6.45) is 2.16. The normalized spacial score (nSPS) is 20.8. The first-order valence-corrected chi connectivity index (χ1v) is 7.29. The van der Waals surface area contributed by atoms with Gasteiger partial charge >= 0.3 is 0 Å². The lowest BCUT2D eigenvalue weighted by Gasteiger charge is -2.31. The number of aryl methyl sites for hydroxylation is 1. The number of halogens is 1. The molecule has 1 N–H and O–H groups in total. The Labute approximate surface area is 126 Å². The number of pyridine rings is 1. The second kappa shape index (κ2) is 5.05. The molecule has 0 radical (unpaired) electrons. The van der Waals surface area contributed by atoms with Crippen LogP contribution in [0.2, 0.25) is 0 Å². The molecule has 22 heavy (non-hydrogen) atoms. The number of fused-ring (bicyclic) bond motifs is 1. The zero-order valence-electron chi connectivity index (χ0n) is 12.1. The van der Waals surface area contributed by atoms with Gasteiger partial charge in [-0.05, 0) is 30.4 Å². The van der Waals surface area contributed by atoms with E-state index in [1.54, 1.807) is 13.1 Å². The molecule has 6 heteroatoms. The SMILES string of the molecule is Cc1nc(-c2ccc3ccnc(NC4CC(F)C4)c3c2)no1. The highest BCUT2D eigenvalue weighted by Gasteiger charge is 2.29. The van der Waals surface area contributed by atoms with Crippen LogP contribution in [0.4, 0.5) is 10.2 Å². The molecule has 1 aromatic carbocycles. The number of nitrogens with zero attached hydrogens (tertiary/aromatic N) is 3. The van der Waals surface area contributed by atoms with Crippen molar-refractivity contribution >= 4 is 16.6 Å². The molecule has 0 amide bonds. The standard InChI is InChI=1S/C16H15FN4O/c1-9-19-15(21-22-9)11-3-2-10-4-5-18-16(14(10)6-11)20-13-7-12(17)8-13/h2-6,12-13H,7-8H2,1H3,(H,18,20). The van der Waals surface area contributed by atoms with Crippen molar-refractivity contribution < 1.29 is 8.91 Å². The Morgan fingerprint density at radius 1 is 1.27 bits per heavy atom. The van der Waals surface area contributed by atoms with E-state index < -0.39 is 6.17 Å². The number of anilines is 1. The van der Waals surface area contributed by atoms with Crippen LogP contribution < -0.4 is 5.32 Å². The molecule has 1 aliphatic carbocycles. The van der Waals surface area contributed by atoms with E-state index >= 15 is 0 Å². The zero-order valence-corrected chi connectivity index (χ0v) is 12.1. The summed E-state index contributed by atoms with van der Waals surface area (Å²) >= 11 is 0. The topological polar surface area (TPSA) is 63.8 Å². The molecule has 0 unspecified atom stereocenters.